The van der Waals surface area contributed by atoms with Gasteiger partial charge in [-0.3, -0.25) is 4.90 Å². The molecule has 0 heterocycles. The van der Waals surface area contributed by atoms with E-state index in [1.54, 1.807) is 28.4 Å². The van der Waals surface area contributed by atoms with Gasteiger partial charge in [0.1, 0.15) is 0 Å². The van der Waals surface area contributed by atoms with Crippen molar-refractivity contribution >= 4 is 0 Å². The molecule has 0 aliphatic carbocycles. The summed E-state index contributed by atoms with van der Waals surface area (Å²) in [4.78, 5) is 2.30. The minimum absolute atomic E-state index is 0.147. The Morgan fingerprint density at radius 2 is 1.39 bits per heavy atom. The second-order valence-corrected chi connectivity index (χ2v) is 8.68. The zero-order valence-corrected chi connectivity index (χ0v) is 21.3. The summed E-state index contributed by atoms with van der Waals surface area (Å²) in [5, 5.41) is 10.3. The molecule has 0 aliphatic heterocycles. The zero-order valence-electron chi connectivity index (χ0n) is 21.3. The number of nitriles is 1. The molecule has 0 aromatic heterocycles. The van der Waals surface area contributed by atoms with Crippen LogP contribution in [0.5, 0.6) is 23.0 Å². The van der Waals surface area contributed by atoms with Crippen LogP contribution in [0.25, 0.3) is 0 Å². The predicted octanol–water partition coefficient (Wildman–Crippen LogP) is 5.61. The van der Waals surface area contributed by atoms with Gasteiger partial charge in [0, 0.05) is 6.04 Å². The van der Waals surface area contributed by atoms with Crippen LogP contribution in [0.1, 0.15) is 50.8 Å². The third-order valence-electron chi connectivity index (χ3n) is 6.72. The maximum absolute atomic E-state index is 10.3. The van der Waals surface area contributed by atoms with Gasteiger partial charge < -0.3 is 18.9 Å². The van der Waals surface area contributed by atoms with Gasteiger partial charge in [0.05, 0.1) is 39.9 Å². The molecular formula is C27H38N2O4. The van der Waals surface area contributed by atoms with Crippen molar-refractivity contribution in [2.75, 3.05) is 42.0 Å². The molecule has 0 spiro atoms. The SMILES string of the molecule is COc1ccc(C(C)N(C)CCCC(C#N)(c2ccc(OC)c(OC)c2)C(C)C)cc1OC. The third-order valence-corrected chi connectivity index (χ3v) is 6.72. The van der Waals surface area contributed by atoms with Crippen molar-refractivity contribution in [3.8, 4) is 29.1 Å². The molecule has 180 valence electrons. The van der Waals surface area contributed by atoms with E-state index in [9.17, 15) is 5.26 Å². The first-order chi connectivity index (χ1) is 15.8. The maximum atomic E-state index is 10.3. The summed E-state index contributed by atoms with van der Waals surface area (Å²) < 4.78 is 21.7. The van der Waals surface area contributed by atoms with Gasteiger partial charge in [-0.2, -0.15) is 5.26 Å². The van der Waals surface area contributed by atoms with Gasteiger partial charge in [-0.15, -0.1) is 0 Å². The lowest BCUT2D eigenvalue weighted by Crippen LogP contribution is -2.32. The Balaban J connectivity index is 2.17. The molecule has 2 unspecified atom stereocenters. The van der Waals surface area contributed by atoms with E-state index in [1.807, 2.05) is 30.3 Å². The molecular weight excluding hydrogens is 416 g/mol. The Bertz CT molecular complexity index is 954. The van der Waals surface area contributed by atoms with Crippen LogP contribution in [0.4, 0.5) is 0 Å². The Labute approximate surface area is 199 Å². The molecule has 6 heteroatoms. The smallest absolute Gasteiger partial charge is 0.161 e. The van der Waals surface area contributed by atoms with Crippen molar-refractivity contribution in [3.05, 3.63) is 47.5 Å². The number of nitrogens with zero attached hydrogens (tertiary/aromatic N) is 2. The predicted molar refractivity (Wildman–Crippen MR) is 132 cm³/mol. The average molecular weight is 455 g/mol. The molecule has 0 N–H and O–H groups in total. The number of hydrogen-bond acceptors (Lipinski definition) is 6. The van der Waals surface area contributed by atoms with E-state index in [1.165, 1.54) is 0 Å². The molecule has 2 aromatic carbocycles. The van der Waals surface area contributed by atoms with Crippen molar-refractivity contribution in [2.45, 2.75) is 45.1 Å². The van der Waals surface area contributed by atoms with Crippen LogP contribution in [-0.4, -0.2) is 46.9 Å². The lowest BCUT2D eigenvalue weighted by Gasteiger charge is -2.33. The normalized spacial score (nSPS) is 13.8. The van der Waals surface area contributed by atoms with Crippen LogP contribution in [0.15, 0.2) is 36.4 Å². The van der Waals surface area contributed by atoms with Crippen LogP contribution in [0.2, 0.25) is 0 Å². The van der Waals surface area contributed by atoms with Crippen molar-refractivity contribution in [1.29, 1.82) is 5.26 Å². The van der Waals surface area contributed by atoms with Gasteiger partial charge in [0.15, 0.2) is 23.0 Å². The summed E-state index contributed by atoms with van der Waals surface area (Å²) in [5.74, 6) is 2.91. The van der Waals surface area contributed by atoms with Crippen molar-refractivity contribution in [3.63, 3.8) is 0 Å². The fourth-order valence-corrected chi connectivity index (χ4v) is 4.30. The summed E-state index contributed by atoms with van der Waals surface area (Å²) in [6.45, 7) is 7.25. The first kappa shape index (κ1) is 26.3. The van der Waals surface area contributed by atoms with E-state index >= 15 is 0 Å². The molecule has 0 saturated carbocycles. The molecule has 6 nitrogen and oxygen atoms in total. The van der Waals surface area contributed by atoms with Gasteiger partial charge in [0.2, 0.25) is 0 Å². The van der Waals surface area contributed by atoms with Crippen molar-refractivity contribution < 1.29 is 18.9 Å². The standard InChI is InChI=1S/C27H38N2O4/c1-19(2)27(18-28,22-11-13-24(31-6)26(17-22)33-8)14-9-15-29(4)20(3)21-10-12-23(30-5)25(16-21)32-7/h10-13,16-17,19-20H,9,14-15H2,1-8H3. The first-order valence-electron chi connectivity index (χ1n) is 11.3. The number of rotatable bonds is 12. The number of benzene rings is 2. The first-order valence-corrected chi connectivity index (χ1v) is 11.3. The average Bonchev–Trinajstić information content (AvgIpc) is 2.84. The van der Waals surface area contributed by atoms with Gasteiger partial charge >= 0.3 is 0 Å². The fraction of sp³-hybridized carbons (Fsp3) is 0.519. The van der Waals surface area contributed by atoms with E-state index < -0.39 is 5.41 Å². The molecule has 0 fully saturated rings. The summed E-state index contributed by atoms with van der Waals surface area (Å²) in [6, 6.07) is 14.7. The minimum atomic E-state index is -0.604. The zero-order chi connectivity index (χ0) is 24.6. The van der Waals surface area contributed by atoms with Gasteiger partial charge in [-0.1, -0.05) is 26.0 Å². The molecule has 2 rings (SSSR count). The fourth-order valence-electron chi connectivity index (χ4n) is 4.30. The summed E-state index contributed by atoms with van der Waals surface area (Å²) >= 11 is 0. The highest BCUT2D eigenvalue weighted by Gasteiger charge is 2.36. The number of ether oxygens (including phenoxy) is 4. The van der Waals surface area contributed by atoms with Gasteiger partial charge in [-0.25, -0.2) is 0 Å². The Morgan fingerprint density at radius 1 is 0.848 bits per heavy atom. The Morgan fingerprint density at radius 3 is 1.91 bits per heavy atom. The molecule has 0 bridgehead atoms. The molecule has 0 amide bonds. The summed E-state index contributed by atoms with van der Waals surface area (Å²) in [5.41, 5.74) is 1.52. The number of hydrogen-bond donors (Lipinski definition) is 0. The third kappa shape index (κ3) is 5.72. The van der Waals surface area contributed by atoms with Crippen LogP contribution >= 0.6 is 0 Å². The monoisotopic (exact) mass is 454 g/mol. The van der Waals surface area contributed by atoms with E-state index in [0.29, 0.717) is 11.5 Å². The summed E-state index contributed by atoms with van der Waals surface area (Å²) in [7, 11) is 8.64. The second-order valence-electron chi connectivity index (χ2n) is 8.68. The highest BCUT2D eigenvalue weighted by molar-refractivity contribution is 5.47. The van der Waals surface area contributed by atoms with E-state index in [-0.39, 0.29) is 12.0 Å². The number of methoxy groups -OCH3 is 4. The molecule has 0 aliphatic rings. The molecule has 0 saturated heterocycles. The topological polar surface area (TPSA) is 64.0 Å². The summed E-state index contributed by atoms with van der Waals surface area (Å²) in [6.07, 6.45) is 1.63. The largest absolute Gasteiger partial charge is 0.493 e. The Hall–Kier alpha value is -2.91. The van der Waals surface area contributed by atoms with Gasteiger partial charge in [0.25, 0.3) is 0 Å². The van der Waals surface area contributed by atoms with Crippen LogP contribution < -0.4 is 18.9 Å². The van der Waals surface area contributed by atoms with Crippen LogP contribution in [0.3, 0.4) is 0 Å². The van der Waals surface area contributed by atoms with E-state index in [4.69, 9.17) is 18.9 Å². The van der Waals surface area contributed by atoms with E-state index in [0.717, 1.165) is 42.0 Å². The van der Waals surface area contributed by atoms with Crippen LogP contribution in [0, 0.1) is 17.2 Å². The highest BCUT2D eigenvalue weighted by Crippen LogP contribution is 2.40. The second kappa shape index (κ2) is 11.8. The Kier molecular flexibility index (Phi) is 9.43. The van der Waals surface area contributed by atoms with Gasteiger partial charge in [-0.05, 0) is 74.7 Å². The highest BCUT2D eigenvalue weighted by atomic mass is 16.5. The molecule has 0 radical (unpaired) electrons. The van der Waals surface area contributed by atoms with Crippen molar-refractivity contribution in [1.82, 2.24) is 4.90 Å². The lowest BCUT2D eigenvalue weighted by molar-refractivity contribution is 0.240. The minimum Gasteiger partial charge on any atom is -0.493 e. The molecule has 2 aromatic rings. The molecule has 2 atom stereocenters. The molecule has 33 heavy (non-hydrogen) atoms. The lowest BCUT2D eigenvalue weighted by atomic mass is 9.69. The quantitative estimate of drug-likeness (QED) is 0.415. The van der Waals surface area contributed by atoms with Crippen LogP contribution in [-0.2, 0) is 5.41 Å². The van der Waals surface area contributed by atoms with E-state index in [2.05, 4.69) is 44.9 Å². The maximum Gasteiger partial charge on any atom is 0.161 e. The van der Waals surface area contributed by atoms with Crippen molar-refractivity contribution in [2.24, 2.45) is 5.92 Å².